The maximum absolute atomic E-state index is 12.1. The third kappa shape index (κ3) is 3.17. The lowest BCUT2D eigenvalue weighted by atomic mass is 10.2. The Morgan fingerprint density at radius 1 is 1.14 bits per heavy atom. The fourth-order valence-corrected chi connectivity index (χ4v) is 1.84. The fraction of sp³-hybridized carbons (Fsp3) is 0.133. The highest BCUT2D eigenvalue weighted by Gasteiger charge is 2.13. The monoisotopic (exact) mass is 288 g/mol. The number of carbonyl (C=O) groups is 1. The number of ether oxygens (including phenoxy) is 2. The van der Waals surface area contributed by atoms with Crippen LogP contribution in [-0.2, 0) is 0 Å². The number of anilines is 2. The predicted octanol–water partition coefficient (Wildman–Crippen LogP) is 2.24. The Bertz CT molecular complexity index is 671. The lowest BCUT2D eigenvalue weighted by molar-refractivity contribution is 0.102. The quantitative estimate of drug-likeness (QED) is 0.750. The molecule has 0 aliphatic heterocycles. The van der Waals surface area contributed by atoms with Gasteiger partial charge in [-0.05, 0) is 18.2 Å². The zero-order valence-electron chi connectivity index (χ0n) is 11.7. The molecule has 6 nitrogen and oxygen atoms in total. The zero-order chi connectivity index (χ0) is 15.4. The number of nitrogens with two attached hydrogens (primary N) is 1. The second kappa shape index (κ2) is 6.04. The van der Waals surface area contributed by atoms with Crippen LogP contribution in [0.1, 0.15) is 10.4 Å². The van der Waals surface area contributed by atoms with Crippen LogP contribution in [-0.4, -0.2) is 25.2 Å². The van der Waals surface area contributed by atoms with Crippen LogP contribution < -0.4 is 20.5 Å². The molecule has 0 atom stereocenters. The molecule has 0 aliphatic rings. The van der Waals surface area contributed by atoms with E-state index in [0.29, 0.717) is 28.4 Å². The van der Waals surface area contributed by atoms with Crippen molar-refractivity contribution in [3.8, 4) is 17.2 Å². The smallest absolute Gasteiger partial charge is 0.255 e. The van der Waals surface area contributed by atoms with Gasteiger partial charge < -0.3 is 25.6 Å². The molecule has 2 rings (SSSR count). The van der Waals surface area contributed by atoms with E-state index in [1.807, 2.05) is 0 Å². The second-order valence-electron chi connectivity index (χ2n) is 4.30. The predicted molar refractivity (Wildman–Crippen MR) is 80.0 cm³/mol. The zero-order valence-corrected chi connectivity index (χ0v) is 11.7. The SMILES string of the molecule is COc1cc(N)c(NC(=O)c2cccc(O)c2)cc1OC. The van der Waals surface area contributed by atoms with Gasteiger partial charge in [-0.25, -0.2) is 0 Å². The minimum absolute atomic E-state index is 0.0166. The molecule has 0 saturated carbocycles. The molecule has 1 amide bonds. The summed E-state index contributed by atoms with van der Waals surface area (Å²) in [5.41, 5.74) is 6.95. The van der Waals surface area contributed by atoms with Gasteiger partial charge in [0.25, 0.3) is 5.91 Å². The van der Waals surface area contributed by atoms with Crippen LogP contribution in [0.25, 0.3) is 0 Å². The van der Waals surface area contributed by atoms with Crippen LogP contribution in [0.3, 0.4) is 0 Å². The number of hydrogen-bond acceptors (Lipinski definition) is 5. The van der Waals surface area contributed by atoms with Crippen molar-refractivity contribution < 1.29 is 19.4 Å². The lowest BCUT2D eigenvalue weighted by Gasteiger charge is -2.13. The number of nitrogens with one attached hydrogen (secondary N) is 1. The molecule has 2 aromatic rings. The molecule has 0 unspecified atom stereocenters. The first-order valence-corrected chi connectivity index (χ1v) is 6.17. The van der Waals surface area contributed by atoms with Gasteiger partial charge in [0.2, 0.25) is 0 Å². The van der Waals surface area contributed by atoms with E-state index in [1.54, 1.807) is 24.3 Å². The van der Waals surface area contributed by atoms with Crippen molar-refractivity contribution >= 4 is 17.3 Å². The van der Waals surface area contributed by atoms with Crippen molar-refractivity contribution in [1.82, 2.24) is 0 Å². The number of rotatable bonds is 4. The number of nitrogen functional groups attached to an aromatic ring is 1. The van der Waals surface area contributed by atoms with E-state index < -0.39 is 0 Å². The second-order valence-corrected chi connectivity index (χ2v) is 4.30. The number of phenolic OH excluding ortho intramolecular Hbond substituents is 1. The summed E-state index contributed by atoms with van der Waals surface area (Å²) >= 11 is 0. The van der Waals surface area contributed by atoms with Crippen LogP contribution in [0.5, 0.6) is 17.2 Å². The largest absolute Gasteiger partial charge is 0.508 e. The average Bonchev–Trinajstić information content (AvgIpc) is 2.48. The average molecular weight is 288 g/mol. The van der Waals surface area contributed by atoms with Gasteiger partial charge in [-0.1, -0.05) is 6.07 Å². The maximum Gasteiger partial charge on any atom is 0.255 e. The molecule has 0 aromatic heterocycles. The Labute approximate surface area is 122 Å². The van der Waals surface area contributed by atoms with E-state index in [1.165, 1.54) is 26.4 Å². The van der Waals surface area contributed by atoms with Crippen molar-refractivity contribution in [3.05, 3.63) is 42.0 Å². The first-order valence-electron chi connectivity index (χ1n) is 6.17. The Balaban J connectivity index is 2.29. The molecular weight excluding hydrogens is 272 g/mol. The van der Waals surface area contributed by atoms with Crippen molar-refractivity contribution in [3.63, 3.8) is 0 Å². The fourth-order valence-electron chi connectivity index (χ4n) is 1.84. The van der Waals surface area contributed by atoms with Crippen molar-refractivity contribution in [2.45, 2.75) is 0 Å². The van der Waals surface area contributed by atoms with Gasteiger partial charge >= 0.3 is 0 Å². The Morgan fingerprint density at radius 2 is 1.81 bits per heavy atom. The first kappa shape index (κ1) is 14.5. The number of benzene rings is 2. The molecular formula is C15H16N2O4. The summed E-state index contributed by atoms with van der Waals surface area (Å²) < 4.78 is 10.3. The van der Waals surface area contributed by atoms with Gasteiger partial charge in [0.05, 0.1) is 25.6 Å². The van der Waals surface area contributed by atoms with Crippen LogP contribution in [0, 0.1) is 0 Å². The molecule has 4 N–H and O–H groups in total. The highest BCUT2D eigenvalue weighted by Crippen LogP contribution is 2.35. The number of phenols is 1. The molecule has 0 spiro atoms. The first-order chi connectivity index (χ1) is 10.0. The van der Waals surface area contributed by atoms with Crippen LogP contribution >= 0.6 is 0 Å². The van der Waals surface area contributed by atoms with Crippen LogP contribution in [0.15, 0.2) is 36.4 Å². The summed E-state index contributed by atoms with van der Waals surface area (Å²) in [6.07, 6.45) is 0. The summed E-state index contributed by atoms with van der Waals surface area (Å²) in [6, 6.07) is 9.17. The highest BCUT2D eigenvalue weighted by molar-refractivity contribution is 6.06. The summed E-state index contributed by atoms with van der Waals surface area (Å²) in [7, 11) is 3.00. The Morgan fingerprint density at radius 3 is 2.43 bits per heavy atom. The van der Waals surface area contributed by atoms with Gasteiger partial charge in [-0.15, -0.1) is 0 Å². The number of aromatic hydroxyl groups is 1. The van der Waals surface area contributed by atoms with Crippen LogP contribution in [0.4, 0.5) is 11.4 Å². The molecule has 0 fully saturated rings. The number of amides is 1. The minimum Gasteiger partial charge on any atom is -0.508 e. The molecule has 0 radical (unpaired) electrons. The third-order valence-electron chi connectivity index (χ3n) is 2.91. The van der Waals surface area contributed by atoms with E-state index in [9.17, 15) is 9.90 Å². The number of hydrogen-bond donors (Lipinski definition) is 3. The van der Waals surface area contributed by atoms with Crippen molar-refractivity contribution in [1.29, 1.82) is 0 Å². The summed E-state index contributed by atoms with van der Waals surface area (Å²) in [5, 5.41) is 12.1. The topological polar surface area (TPSA) is 93.8 Å². The summed E-state index contributed by atoms with van der Waals surface area (Å²) in [4.78, 5) is 12.1. The molecule has 0 bridgehead atoms. The van der Waals surface area contributed by atoms with E-state index in [4.69, 9.17) is 15.2 Å². The van der Waals surface area contributed by atoms with Gasteiger partial charge in [-0.3, -0.25) is 4.79 Å². The van der Waals surface area contributed by atoms with E-state index in [2.05, 4.69) is 5.32 Å². The standard InChI is InChI=1S/C15H16N2O4/c1-20-13-7-11(16)12(8-14(13)21-2)17-15(19)9-4-3-5-10(18)6-9/h3-8,18H,16H2,1-2H3,(H,17,19). The van der Waals surface area contributed by atoms with E-state index >= 15 is 0 Å². The normalized spacial score (nSPS) is 10.0. The molecule has 0 heterocycles. The third-order valence-corrected chi connectivity index (χ3v) is 2.91. The molecule has 21 heavy (non-hydrogen) atoms. The minimum atomic E-state index is -0.384. The van der Waals surface area contributed by atoms with E-state index in [-0.39, 0.29) is 11.7 Å². The number of carbonyl (C=O) groups excluding carboxylic acids is 1. The summed E-state index contributed by atoms with van der Waals surface area (Å²) in [6.45, 7) is 0. The Kier molecular flexibility index (Phi) is 4.18. The van der Waals surface area contributed by atoms with Gasteiger partial charge in [-0.2, -0.15) is 0 Å². The van der Waals surface area contributed by atoms with Crippen molar-refractivity contribution in [2.75, 3.05) is 25.3 Å². The van der Waals surface area contributed by atoms with Gasteiger partial charge in [0.1, 0.15) is 5.75 Å². The molecule has 110 valence electrons. The number of methoxy groups -OCH3 is 2. The Hall–Kier alpha value is -2.89. The summed E-state index contributed by atoms with van der Waals surface area (Å²) in [5.74, 6) is 0.566. The molecule has 0 saturated heterocycles. The van der Waals surface area contributed by atoms with Crippen LogP contribution in [0.2, 0.25) is 0 Å². The van der Waals surface area contributed by atoms with E-state index in [0.717, 1.165) is 0 Å². The lowest BCUT2D eigenvalue weighted by Crippen LogP contribution is -2.13. The molecule has 2 aromatic carbocycles. The van der Waals surface area contributed by atoms with Gasteiger partial charge in [0, 0.05) is 17.7 Å². The molecule has 6 heteroatoms. The highest BCUT2D eigenvalue weighted by atomic mass is 16.5. The van der Waals surface area contributed by atoms with Crippen molar-refractivity contribution in [2.24, 2.45) is 0 Å². The molecule has 0 aliphatic carbocycles. The van der Waals surface area contributed by atoms with Gasteiger partial charge in [0.15, 0.2) is 11.5 Å². The maximum atomic E-state index is 12.1.